The van der Waals surface area contributed by atoms with Gasteiger partial charge in [-0.05, 0) is 44.7 Å². The molecular formula is C19H27N3O5S. The molecule has 9 heteroatoms. The first-order valence-corrected chi connectivity index (χ1v) is 10.4. The first-order chi connectivity index (χ1) is 13.2. The molecule has 0 spiro atoms. The lowest BCUT2D eigenvalue weighted by molar-refractivity contribution is -0.149. The van der Waals surface area contributed by atoms with Crippen molar-refractivity contribution in [2.75, 3.05) is 37.8 Å². The van der Waals surface area contributed by atoms with E-state index >= 15 is 0 Å². The Balaban J connectivity index is 1.76. The van der Waals surface area contributed by atoms with Crippen molar-refractivity contribution in [2.45, 2.75) is 45.8 Å². The van der Waals surface area contributed by atoms with E-state index in [0.717, 1.165) is 10.6 Å². The minimum absolute atomic E-state index is 0.168. The Labute approximate surface area is 168 Å². The summed E-state index contributed by atoms with van der Waals surface area (Å²) in [5.74, 6) is -0.694. The Morgan fingerprint density at radius 3 is 2.50 bits per heavy atom. The van der Waals surface area contributed by atoms with Gasteiger partial charge in [0.1, 0.15) is 10.6 Å². The van der Waals surface area contributed by atoms with Gasteiger partial charge in [-0.15, -0.1) is 11.3 Å². The maximum atomic E-state index is 12.7. The van der Waals surface area contributed by atoms with Gasteiger partial charge in [0.05, 0.1) is 6.61 Å². The zero-order valence-corrected chi connectivity index (χ0v) is 17.6. The van der Waals surface area contributed by atoms with Gasteiger partial charge in [0.15, 0.2) is 5.78 Å². The predicted molar refractivity (Wildman–Crippen MR) is 105 cm³/mol. The standard InChI is InChI=1S/C19H27N3O5S/c1-5-26-17(24)15-14(23)12-13-6-11-28-16(13)22(15)21-9-7-20(8-10-21)18(25)27-19(2,3)4/h6,11,15H,5,7-10,12H2,1-4H3. The van der Waals surface area contributed by atoms with Crippen LogP contribution in [0.5, 0.6) is 0 Å². The highest BCUT2D eigenvalue weighted by molar-refractivity contribution is 7.14. The van der Waals surface area contributed by atoms with Crippen molar-refractivity contribution < 1.29 is 23.9 Å². The number of amides is 1. The third-order valence-electron chi connectivity index (χ3n) is 4.57. The fourth-order valence-electron chi connectivity index (χ4n) is 3.37. The molecule has 3 heterocycles. The average molecular weight is 410 g/mol. The number of piperazine rings is 1. The van der Waals surface area contributed by atoms with Crippen molar-refractivity contribution in [3.8, 4) is 0 Å². The number of anilines is 1. The molecule has 0 N–H and O–H groups in total. The molecule has 1 fully saturated rings. The van der Waals surface area contributed by atoms with Crippen LogP contribution in [0, 0.1) is 0 Å². The summed E-state index contributed by atoms with van der Waals surface area (Å²) in [4.78, 5) is 39.2. The topological polar surface area (TPSA) is 79.4 Å². The molecule has 2 aliphatic heterocycles. The van der Waals surface area contributed by atoms with Crippen LogP contribution in [0.1, 0.15) is 33.3 Å². The van der Waals surface area contributed by atoms with E-state index in [1.165, 1.54) is 11.3 Å². The van der Waals surface area contributed by atoms with Crippen LogP contribution in [0.2, 0.25) is 0 Å². The van der Waals surface area contributed by atoms with Crippen LogP contribution < -0.4 is 5.01 Å². The smallest absolute Gasteiger partial charge is 0.410 e. The number of rotatable bonds is 3. The maximum absolute atomic E-state index is 12.7. The molecule has 8 nitrogen and oxygen atoms in total. The molecule has 0 aliphatic carbocycles. The van der Waals surface area contributed by atoms with Crippen molar-refractivity contribution in [1.82, 2.24) is 9.91 Å². The Morgan fingerprint density at radius 1 is 1.21 bits per heavy atom. The number of carbonyl (C=O) groups excluding carboxylic acids is 3. The van der Waals surface area contributed by atoms with Gasteiger partial charge in [-0.2, -0.15) is 0 Å². The lowest BCUT2D eigenvalue weighted by Crippen LogP contribution is -2.63. The van der Waals surface area contributed by atoms with E-state index in [1.54, 1.807) is 16.8 Å². The summed E-state index contributed by atoms with van der Waals surface area (Å²) in [6.45, 7) is 9.37. The zero-order valence-electron chi connectivity index (χ0n) is 16.8. The lowest BCUT2D eigenvalue weighted by atomic mass is 10.0. The van der Waals surface area contributed by atoms with Crippen LogP contribution in [0.4, 0.5) is 9.80 Å². The Kier molecular flexibility index (Phi) is 5.95. The number of esters is 1. The molecule has 0 saturated carbocycles. The molecule has 0 aromatic carbocycles. The number of ether oxygens (including phenoxy) is 2. The molecule has 0 radical (unpaired) electrons. The molecule has 1 atom stereocenters. The number of nitrogens with zero attached hydrogens (tertiary/aromatic N) is 3. The van der Waals surface area contributed by atoms with Crippen LogP contribution >= 0.6 is 11.3 Å². The van der Waals surface area contributed by atoms with E-state index in [9.17, 15) is 14.4 Å². The number of fused-ring (bicyclic) bond motifs is 1. The summed E-state index contributed by atoms with van der Waals surface area (Å²) in [6, 6.07) is 0.947. The van der Waals surface area contributed by atoms with Crippen molar-refractivity contribution in [3.63, 3.8) is 0 Å². The summed E-state index contributed by atoms with van der Waals surface area (Å²) in [5.41, 5.74) is 0.374. The number of ketones is 1. The van der Waals surface area contributed by atoms with E-state index in [1.807, 2.05) is 37.2 Å². The Hall–Kier alpha value is -2.13. The largest absolute Gasteiger partial charge is 0.464 e. The second-order valence-electron chi connectivity index (χ2n) is 7.81. The first-order valence-electron chi connectivity index (χ1n) is 9.49. The van der Waals surface area contributed by atoms with Crippen molar-refractivity contribution >= 4 is 34.2 Å². The maximum Gasteiger partial charge on any atom is 0.410 e. The molecule has 2 aliphatic rings. The summed E-state index contributed by atoms with van der Waals surface area (Å²) in [5, 5.41) is 6.56. The number of hydrogen-bond acceptors (Lipinski definition) is 8. The zero-order chi connectivity index (χ0) is 20.5. The van der Waals surface area contributed by atoms with Crippen LogP contribution in [-0.4, -0.2) is 72.2 Å². The monoisotopic (exact) mass is 409 g/mol. The first kappa shape index (κ1) is 20.6. The normalized spacial score (nSPS) is 20.7. The minimum Gasteiger partial charge on any atom is -0.464 e. The van der Waals surface area contributed by atoms with Crippen LogP contribution in [-0.2, 0) is 25.5 Å². The highest BCUT2D eigenvalue weighted by atomic mass is 32.1. The van der Waals surface area contributed by atoms with Crippen molar-refractivity contribution in [2.24, 2.45) is 0 Å². The molecule has 1 aromatic heterocycles. The summed E-state index contributed by atoms with van der Waals surface area (Å²) < 4.78 is 10.6. The molecule has 154 valence electrons. The van der Waals surface area contributed by atoms with Crippen LogP contribution in [0.25, 0.3) is 0 Å². The van der Waals surface area contributed by atoms with Gasteiger partial charge in [0.25, 0.3) is 0 Å². The molecule has 1 amide bonds. The third kappa shape index (κ3) is 4.30. The quantitative estimate of drug-likeness (QED) is 0.559. The number of carbonyl (C=O) groups is 3. The molecule has 28 heavy (non-hydrogen) atoms. The van der Waals surface area contributed by atoms with E-state index in [-0.39, 0.29) is 24.9 Å². The van der Waals surface area contributed by atoms with Gasteiger partial charge in [-0.3, -0.25) is 9.80 Å². The fraction of sp³-hybridized carbons (Fsp3) is 0.632. The average Bonchev–Trinajstić information content (AvgIpc) is 3.07. The van der Waals surface area contributed by atoms with Gasteiger partial charge in [-0.25, -0.2) is 14.6 Å². The third-order valence-corrected chi connectivity index (χ3v) is 5.51. The molecule has 0 bridgehead atoms. The second kappa shape index (κ2) is 8.08. The second-order valence-corrected chi connectivity index (χ2v) is 8.71. The minimum atomic E-state index is -0.973. The van der Waals surface area contributed by atoms with Gasteiger partial charge < -0.3 is 14.4 Å². The fourth-order valence-corrected chi connectivity index (χ4v) is 4.35. The van der Waals surface area contributed by atoms with Crippen LogP contribution in [0.15, 0.2) is 11.4 Å². The Morgan fingerprint density at radius 2 is 1.89 bits per heavy atom. The summed E-state index contributed by atoms with van der Waals surface area (Å²) >= 11 is 1.50. The van der Waals surface area contributed by atoms with Gasteiger partial charge in [0.2, 0.25) is 6.04 Å². The van der Waals surface area contributed by atoms with E-state index in [0.29, 0.717) is 26.2 Å². The highest BCUT2D eigenvalue weighted by Gasteiger charge is 2.43. The van der Waals surface area contributed by atoms with Gasteiger partial charge in [-0.1, -0.05) is 0 Å². The van der Waals surface area contributed by atoms with Crippen molar-refractivity contribution in [3.05, 3.63) is 17.0 Å². The Bertz CT molecular complexity index is 749. The van der Waals surface area contributed by atoms with Gasteiger partial charge >= 0.3 is 12.1 Å². The van der Waals surface area contributed by atoms with Gasteiger partial charge in [0, 0.05) is 32.6 Å². The summed E-state index contributed by atoms with van der Waals surface area (Å²) in [6.07, 6.45) is -0.114. The molecule has 3 rings (SSSR count). The number of hydrazine groups is 1. The SMILES string of the molecule is CCOC(=O)C1C(=O)Cc2ccsc2N1N1CCN(C(=O)OC(C)(C)C)CC1. The molecular weight excluding hydrogens is 382 g/mol. The predicted octanol–water partition coefficient (Wildman–Crippen LogP) is 2.08. The highest BCUT2D eigenvalue weighted by Crippen LogP contribution is 2.36. The van der Waals surface area contributed by atoms with E-state index in [2.05, 4.69) is 0 Å². The lowest BCUT2D eigenvalue weighted by Gasteiger charge is -2.45. The van der Waals surface area contributed by atoms with Crippen molar-refractivity contribution in [1.29, 1.82) is 0 Å². The van der Waals surface area contributed by atoms with E-state index < -0.39 is 17.6 Å². The number of hydrogen-bond donors (Lipinski definition) is 0. The molecule has 1 unspecified atom stereocenters. The molecule has 1 saturated heterocycles. The van der Waals surface area contributed by atoms with Crippen LogP contribution in [0.3, 0.4) is 0 Å². The van der Waals surface area contributed by atoms with E-state index in [4.69, 9.17) is 9.47 Å². The number of thiophene rings is 1. The molecule has 1 aromatic rings. The number of Topliss-reactive ketones (excluding diaryl/α,β-unsaturated/α-hetero) is 1. The summed E-state index contributed by atoms with van der Waals surface area (Å²) in [7, 11) is 0.